The minimum Gasteiger partial charge on any atom is -0.375 e. The Balaban J connectivity index is 2.12. The third-order valence-corrected chi connectivity index (χ3v) is 3.82. The van der Waals surface area contributed by atoms with Crippen LogP contribution >= 0.6 is 0 Å². The number of rotatable bonds is 6. The van der Waals surface area contributed by atoms with E-state index in [1.165, 1.54) is 11.1 Å². The van der Waals surface area contributed by atoms with Crippen molar-refractivity contribution in [3.63, 3.8) is 0 Å². The maximum atomic E-state index is 12.1. The van der Waals surface area contributed by atoms with E-state index in [-0.39, 0.29) is 18.6 Å². The summed E-state index contributed by atoms with van der Waals surface area (Å²) < 4.78 is 4.97. The smallest absolute Gasteiger partial charge is 0.253 e. The predicted molar refractivity (Wildman–Crippen MR) is 81.0 cm³/mol. The normalized spacial score (nSPS) is 17.4. The lowest BCUT2D eigenvalue weighted by Gasteiger charge is -2.22. The fourth-order valence-electron chi connectivity index (χ4n) is 2.89. The monoisotopic (exact) mass is 276 g/mol. The second-order valence-corrected chi connectivity index (χ2v) is 5.46. The van der Waals surface area contributed by atoms with E-state index in [1.54, 1.807) is 7.11 Å². The Morgan fingerprint density at radius 2 is 2.25 bits per heavy atom. The molecule has 1 aromatic carbocycles. The van der Waals surface area contributed by atoms with Gasteiger partial charge >= 0.3 is 0 Å². The fourth-order valence-corrected chi connectivity index (χ4v) is 2.89. The number of fused-ring (bicyclic) bond motifs is 1. The number of unbranched alkanes of at least 4 members (excludes halogenated alkanes) is 1. The molecule has 1 amide bonds. The first-order valence-corrected chi connectivity index (χ1v) is 7.30. The molecule has 1 unspecified atom stereocenters. The Kier molecular flexibility index (Phi) is 5.15. The zero-order valence-electron chi connectivity index (χ0n) is 12.4. The van der Waals surface area contributed by atoms with E-state index in [1.807, 2.05) is 4.90 Å². The molecular weight excluding hydrogens is 252 g/mol. The van der Waals surface area contributed by atoms with E-state index < -0.39 is 0 Å². The lowest BCUT2D eigenvalue weighted by Crippen LogP contribution is -2.38. The number of aryl methyl sites for hydroxylation is 1. The van der Waals surface area contributed by atoms with Crippen LogP contribution in [0, 0.1) is 0 Å². The van der Waals surface area contributed by atoms with Crippen molar-refractivity contribution in [2.75, 3.05) is 25.2 Å². The Bertz CT molecular complexity index is 474. The van der Waals surface area contributed by atoms with Gasteiger partial charge in [0.15, 0.2) is 0 Å². The molecule has 0 aliphatic carbocycles. The molecule has 20 heavy (non-hydrogen) atoms. The van der Waals surface area contributed by atoms with Gasteiger partial charge in [0.2, 0.25) is 0 Å². The number of carbonyl (C=O) groups excluding carboxylic acids is 1. The number of methoxy groups -OCH3 is 1. The van der Waals surface area contributed by atoms with Gasteiger partial charge in [0.1, 0.15) is 6.61 Å². The van der Waals surface area contributed by atoms with Crippen molar-refractivity contribution in [2.45, 2.75) is 38.6 Å². The molecule has 0 radical (unpaired) electrons. The van der Waals surface area contributed by atoms with Gasteiger partial charge in [-0.15, -0.1) is 0 Å². The van der Waals surface area contributed by atoms with Crippen LogP contribution in [0.5, 0.6) is 0 Å². The summed E-state index contributed by atoms with van der Waals surface area (Å²) in [6.07, 6.45) is 4.17. The highest BCUT2D eigenvalue weighted by atomic mass is 16.5. The van der Waals surface area contributed by atoms with Crippen molar-refractivity contribution >= 4 is 11.6 Å². The summed E-state index contributed by atoms with van der Waals surface area (Å²) >= 11 is 0. The van der Waals surface area contributed by atoms with E-state index in [2.05, 4.69) is 25.1 Å². The van der Waals surface area contributed by atoms with E-state index in [4.69, 9.17) is 10.5 Å². The molecule has 0 bridgehead atoms. The molecule has 110 valence electrons. The van der Waals surface area contributed by atoms with Gasteiger partial charge in [-0.2, -0.15) is 0 Å². The maximum absolute atomic E-state index is 12.1. The number of hydrogen-bond acceptors (Lipinski definition) is 3. The SMILES string of the molecule is COCC(=O)N1c2ccc(CCCCN)cc2CC1C. The zero-order chi connectivity index (χ0) is 14.5. The van der Waals surface area contributed by atoms with Crippen molar-refractivity contribution in [1.29, 1.82) is 0 Å². The number of amides is 1. The molecule has 4 heteroatoms. The van der Waals surface area contributed by atoms with Crippen LogP contribution < -0.4 is 10.6 Å². The summed E-state index contributed by atoms with van der Waals surface area (Å²) in [6, 6.07) is 6.65. The van der Waals surface area contributed by atoms with Crippen LogP contribution in [-0.2, 0) is 22.4 Å². The molecule has 1 heterocycles. The molecule has 2 N–H and O–H groups in total. The molecule has 4 nitrogen and oxygen atoms in total. The second kappa shape index (κ2) is 6.86. The van der Waals surface area contributed by atoms with Crippen LogP contribution in [0.1, 0.15) is 30.9 Å². The molecule has 0 aromatic heterocycles. The lowest BCUT2D eigenvalue weighted by molar-refractivity contribution is -0.122. The fraction of sp³-hybridized carbons (Fsp3) is 0.562. The number of nitrogens with zero attached hydrogens (tertiary/aromatic N) is 1. The summed E-state index contributed by atoms with van der Waals surface area (Å²) in [6.45, 7) is 2.98. The Morgan fingerprint density at radius 3 is 2.95 bits per heavy atom. The van der Waals surface area contributed by atoms with Gasteiger partial charge in [-0.25, -0.2) is 0 Å². The van der Waals surface area contributed by atoms with Crippen LogP contribution in [0.15, 0.2) is 18.2 Å². The van der Waals surface area contributed by atoms with Gasteiger partial charge in [0.05, 0.1) is 0 Å². The highest BCUT2D eigenvalue weighted by Gasteiger charge is 2.30. The predicted octanol–water partition coefficient (Wildman–Crippen LogP) is 1.89. The third kappa shape index (κ3) is 3.19. The third-order valence-electron chi connectivity index (χ3n) is 3.82. The van der Waals surface area contributed by atoms with Gasteiger partial charge in [-0.05, 0) is 56.3 Å². The van der Waals surface area contributed by atoms with E-state index in [0.29, 0.717) is 0 Å². The van der Waals surface area contributed by atoms with Crippen LogP contribution in [0.25, 0.3) is 0 Å². The average molecular weight is 276 g/mol. The maximum Gasteiger partial charge on any atom is 0.253 e. The molecule has 1 atom stereocenters. The van der Waals surface area contributed by atoms with Gasteiger partial charge in [0, 0.05) is 18.8 Å². The first-order valence-electron chi connectivity index (χ1n) is 7.30. The Hall–Kier alpha value is -1.39. The van der Waals surface area contributed by atoms with Gasteiger partial charge in [-0.3, -0.25) is 4.79 Å². The number of carbonyl (C=O) groups is 1. The summed E-state index contributed by atoms with van der Waals surface area (Å²) in [7, 11) is 1.56. The van der Waals surface area contributed by atoms with E-state index in [0.717, 1.165) is 37.9 Å². The number of nitrogens with two attached hydrogens (primary N) is 1. The molecule has 0 spiro atoms. The molecule has 0 saturated carbocycles. The van der Waals surface area contributed by atoms with Crippen molar-refractivity contribution in [3.05, 3.63) is 29.3 Å². The van der Waals surface area contributed by atoms with E-state index >= 15 is 0 Å². The standard InChI is InChI=1S/C16H24N2O2/c1-12-9-14-10-13(5-3-4-8-17)6-7-15(14)18(12)16(19)11-20-2/h6-7,10,12H,3-5,8-9,11,17H2,1-2H3. The topological polar surface area (TPSA) is 55.6 Å². The first kappa shape index (κ1) is 15.0. The number of benzene rings is 1. The first-order chi connectivity index (χ1) is 9.67. The van der Waals surface area contributed by atoms with Crippen LogP contribution in [-0.4, -0.2) is 32.2 Å². The van der Waals surface area contributed by atoms with Gasteiger partial charge in [-0.1, -0.05) is 12.1 Å². The largest absolute Gasteiger partial charge is 0.375 e. The summed E-state index contributed by atoms with van der Waals surface area (Å²) in [4.78, 5) is 14.0. The summed E-state index contributed by atoms with van der Waals surface area (Å²) in [5, 5.41) is 0. The lowest BCUT2D eigenvalue weighted by atomic mass is 10.0. The average Bonchev–Trinajstić information content (AvgIpc) is 2.74. The highest BCUT2D eigenvalue weighted by molar-refractivity contribution is 5.97. The molecular formula is C16H24N2O2. The quantitative estimate of drug-likeness (QED) is 0.807. The second-order valence-electron chi connectivity index (χ2n) is 5.46. The zero-order valence-corrected chi connectivity index (χ0v) is 12.4. The molecule has 1 aliphatic heterocycles. The number of hydrogen-bond donors (Lipinski definition) is 1. The summed E-state index contributed by atoms with van der Waals surface area (Å²) in [5.74, 6) is 0.0367. The minimum absolute atomic E-state index is 0.0367. The summed E-state index contributed by atoms with van der Waals surface area (Å²) in [5.41, 5.74) is 9.18. The molecule has 1 aliphatic rings. The van der Waals surface area contributed by atoms with Crippen LogP contribution in [0.2, 0.25) is 0 Å². The number of ether oxygens (including phenoxy) is 1. The number of anilines is 1. The van der Waals surface area contributed by atoms with Crippen molar-refractivity contribution in [2.24, 2.45) is 5.73 Å². The molecule has 1 aromatic rings. The molecule has 0 saturated heterocycles. The van der Waals surface area contributed by atoms with Crippen LogP contribution in [0.3, 0.4) is 0 Å². The Morgan fingerprint density at radius 1 is 1.45 bits per heavy atom. The van der Waals surface area contributed by atoms with E-state index in [9.17, 15) is 4.79 Å². The molecule has 2 rings (SSSR count). The minimum atomic E-state index is 0.0367. The van der Waals surface area contributed by atoms with Crippen molar-refractivity contribution in [3.8, 4) is 0 Å². The van der Waals surface area contributed by atoms with Crippen molar-refractivity contribution in [1.82, 2.24) is 0 Å². The van der Waals surface area contributed by atoms with Gasteiger partial charge in [0.25, 0.3) is 5.91 Å². The van der Waals surface area contributed by atoms with Crippen LogP contribution in [0.4, 0.5) is 5.69 Å². The van der Waals surface area contributed by atoms with Crippen molar-refractivity contribution < 1.29 is 9.53 Å². The Labute approximate surface area is 120 Å². The van der Waals surface area contributed by atoms with Gasteiger partial charge < -0.3 is 15.4 Å². The molecule has 0 fully saturated rings. The highest BCUT2D eigenvalue weighted by Crippen LogP contribution is 2.33.